The zero-order valence-electron chi connectivity index (χ0n) is 12.6. The number of benzene rings is 1. The molecule has 1 aromatic carbocycles. The molecule has 1 amide bonds. The molecule has 0 aliphatic rings. The lowest BCUT2D eigenvalue weighted by atomic mass is 10.1. The van der Waals surface area contributed by atoms with Gasteiger partial charge >= 0.3 is 0 Å². The van der Waals surface area contributed by atoms with Crippen molar-refractivity contribution < 1.29 is 4.79 Å². The SMILES string of the molecule is CCN(CC)Cc1ccc(CNC(=O)CNC)cc1.Cl. The maximum atomic E-state index is 11.3. The smallest absolute Gasteiger partial charge is 0.234 e. The Morgan fingerprint density at radius 3 is 2.15 bits per heavy atom. The van der Waals surface area contributed by atoms with Crippen molar-refractivity contribution in [3.8, 4) is 0 Å². The van der Waals surface area contributed by atoms with E-state index < -0.39 is 0 Å². The summed E-state index contributed by atoms with van der Waals surface area (Å²) in [5.74, 6) is 0.0229. The summed E-state index contributed by atoms with van der Waals surface area (Å²) in [6, 6.07) is 8.44. The minimum Gasteiger partial charge on any atom is -0.351 e. The summed E-state index contributed by atoms with van der Waals surface area (Å²) in [5, 5.41) is 5.70. The number of nitrogens with one attached hydrogen (secondary N) is 2. The Morgan fingerprint density at radius 2 is 1.65 bits per heavy atom. The molecule has 0 radical (unpaired) electrons. The number of hydrogen-bond acceptors (Lipinski definition) is 3. The van der Waals surface area contributed by atoms with Gasteiger partial charge in [-0.15, -0.1) is 12.4 Å². The van der Waals surface area contributed by atoms with Crippen molar-refractivity contribution in [1.29, 1.82) is 0 Å². The van der Waals surface area contributed by atoms with Crippen LogP contribution in [0.5, 0.6) is 0 Å². The number of carbonyl (C=O) groups excluding carboxylic acids is 1. The highest BCUT2D eigenvalue weighted by Crippen LogP contribution is 2.07. The highest BCUT2D eigenvalue weighted by atomic mass is 35.5. The van der Waals surface area contributed by atoms with E-state index >= 15 is 0 Å². The molecule has 1 rings (SSSR count). The Balaban J connectivity index is 0.00000361. The number of halogens is 1. The van der Waals surface area contributed by atoms with Crippen LogP contribution in [0.25, 0.3) is 0 Å². The number of hydrogen-bond donors (Lipinski definition) is 2. The number of nitrogens with zero attached hydrogens (tertiary/aromatic N) is 1. The van der Waals surface area contributed by atoms with Gasteiger partial charge in [0.25, 0.3) is 0 Å². The summed E-state index contributed by atoms with van der Waals surface area (Å²) < 4.78 is 0. The monoisotopic (exact) mass is 299 g/mol. The predicted molar refractivity (Wildman–Crippen MR) is 86.1 cm³/mol. The fourth-order valence-corrected chi connectivity index (χ4v) is 1.89. The molecule has 0 atom stereocenters. The highest BCUT2D eigenvalue weighted by molar-refractivity contribution is 5.85. The van der Waals surface area contributed by atoms with Crippen LogP contribution < -0.4 is 10.6 Å². The third-order valence-electron chi connectivity index (χ3n) is 3.15. The molecule has 0 aromatic heterocycles. The molecule has 20 heavy (non-hydrogen) atoms. The van der Waals surface area contributed by atoms with Crippen molar-refractivity contribution in [2.75, 3.05) is 26.7 Å². The van der Waals surface area contributed by atoms with Gasteiger partial charge in [0.1, 0.15) is 0 Å². The van der Waals surface area contributed by atoms with Crippen molar-refractivity contribution in [2.45, 2.75) is 26.9 Å². The van der Waals surface area contributed by atoms with Crippen LogP contribution in [-0.2, 0) is 17.9 Å². The highest BCUT2D eigenvalue weighted by Gasteiger charge is 2.02. The molecule has 114 valence electrons. The van der Waals surface area contributed by atoms with Gasteiger partial charge in [0.05, 0.1) is 6.54 Å². The van der Waals surface area contributed by atoms with Gasteiger partial charge in [0.2, 0.25) is 5.91 Å². The topological polar surface area (TPSA) is 44.4 Å². The number of likely N-dealkylation sites (N-methyl/N-ethyl adjacent to an activating group) is 1. The first-order valence-corrected chi connectivity index (χ1v) is 6.91. The molecular formula is C15H26ClN3O. The van der Waals surface area contributed by atoms with Crippen molar-refractivity contribution >= 4 is 18.3 Å². The standard InChI is InChI=1S/C15H25N3O.ClH/c1-4-18(5-2)12-14-8-6-13(7-9-14)10-17-15(19)11-16-3;/h6-9,16H,4-5,10-12H2,1-3H3,(H,17,19);1H. The second-order valence-corrected chi connectivity index (χ2v) is 4.58. The van der Waals surface area contributed by atoms with Crippen LogP contribution in [0.4, 0.5) is 0 Å². The van der Waals surface area contributed by atoms with E-state index in [-0.39, 0.29) is 18.3 Å². The zero-order valence-corrected chi connectivity index (χ0v) is 13.4. The van der Waals surface area contributed by atoms with Crippen molar-refractivity contribution in [2.24, 2.45) is 0 Å². The molecule has 0 heterocycles. The molecule has 4 nitrogen and oxygen atoms in total. The van der Waals surface area contributed by atoms with E-state index in [9.17, 15) is 4.79 Å². The Kier molecular flexibility index (Phi) is 10.1. The average Bonchev–Trinajstić information content (AvgIpc) is 2.44. The molecule has 0 aliphatic heterocycles. The summed E-state index contributed by atoms with van der Waals surface area (Å²) in [6.07, 6.45) is 0. The molecule has 0 bridgehead atoms. The first-order chi connectivity index (χ1) is 9.19. The number of carbonyl (C=O) groups is 1. The van der Waals surface area contributed by atoms with Crippen LogP contribution in [0.1, 0.15) is 25.0 Å². The van der Waals surface area contributed by atoms with Gasteiger partial charge in [-0.1, -0.05) is 38.1 Å². The van der Waals surface area contributed by atoms with E-state index in [0.717, 1.165) is 25.2 Å². The van der Waals surface area contributed by atoms with Gasteiger partial charge in [-0.05, 0) is 31.3 Å². The van der Waals surface area contributed by atoms with Crippen molar-refractivity contribution in [3.63, 3.8) is 0 Å². The van der Waals surface area contributed by atoms with Crippen LogP contribution >= 0.6 is 12.4 Å². The lowest BCUT2D eigenvalue weighted by molar-refractivity contribution is -0.120. The summed E-state index contributed by atoms with van der Waals surface area (Å²) >= 11 is 0. The average molecular weight is 300 g/mol. The lowest BCUT2D eigenvalue weighted by Gasteiger charge is -2.18. The van der Waals surface area contributed by atoms with Gasteiger partial charge < -0.3 is 10.6 Å². The summed E-state index contributed by atoms with van der Waals surface area (Å²) in [7, 11) is 1.77. The first kappa shape index (κ1) is 18.9. The van der Waals surface area contributed by atoms with E-state index in [1.54, 1.807) is 7.05 Å². The summed E-state index contributed by atoms with van der Waals surface area (Å²) in [6.45, 7) is 8.42. The molecule has 5 heteroatoms. The van der Waals surface area contributed by atoms with Crippen LogP contribution in [0.15, 0.2) is 24.3 Å². The lowest BCUT2D eigenvalue weighted by Crippen LogP contribution is -2.31. The predicted octanol–water partition coefficient (Wildman–Crippen LogP) is 1.79. The van der Waals surface area contributed by atoms with Crippen LogP contribution in [-0.4, -0.2) is 37.5 Å². The van der Waals surface area contributed by atoms with Crippen LogP contribution in [0, 0.1) is 0 Å². The Labute approximate surface area is 128 Å². The second kappa shape index (κ2) is 10.7. The molecule has 0 fully saturated rings. The first-order valence-electron chi connectivity index (χ1n) is 6.91. The number of amides is 1. The summed E-state index contributed by atoms with van der Waals surface area (Å²) in [4.78, 5) is 13.7. The molecule has 1 aromatic rings. The van der Waals surface area contributed by atoms with Crippen LogP contribution in [0.2, 0.25) is 0 Å². The minimum atomic E-state index is 0. The minimum absolute atomic E-state index is 0. The fourth-order valence-electron chi connectivity index (χ4n) is 1.89. The number of rotatable bonds is 8. The maximum Gasteiger partial charge on any atom is 0.234 e. The molecule has 0 aliphatic carbocycles. The molecular weight excluding hydrogens is 274 g/mol. The Morgan fingerprint density at radius 1 is 1.10 bits per heavy atom. The largest absolute Gasteiger partial charge is 0.351 e. The molecule has 0 saturated heterocycles. The van der Waals surface area contributed by atoms with E-state index in [0.29, 0.717) is 13.1 Å². The van der Waals surface area contributed by atoms with Gasteiger partial charge in [-0.2, -0.15) is 0 Å². The molecule has 2 N–H and O–H groups in total. The zero-order chi connectivity index (χ0) is 14.1. The fraction of sp³-hybridized carbons (Fsp3) is 0.533. The maximum absolute atomic E-state index is 11.3. The summed E-state index contributed by atoms with van der Waals surface area (Å²) in [5.41, 5.74) is 2.45. The molecule has 0 unspecified atom stereocenters. The van der Waals surface area contributed by atoms with Crippen LogP contribution in [0.3, 0.4) is 0 Å². The quantitative estimate of drug-likeness (QED) is 0.769. The van der Waals surface area contributed by atoms with Gasteiger partial charge in [0, 0.05) is 13.1 Å². The molecule has 0 spiro atoms. The van der Waals surface area contributed by atoms with E-state index in [1.165, 1.54) is 5.56 Å². The second-order valence-electron chi connectivity index (χ2n) is 4.58. The van der Waals surface area contributed by atoms with E-state index in [1.807, 2.05) is 0 Å². The Hall–Kier alpha value is -1.10. The van der Waals surface area contributed by atoms with Gasteiger partial charge in [-0.3, -0.25) is 9.69 Å². The van der Waals surface area contributed by atoms with Crippen molar-refractivity contribution in [1.82, 2.24) is 15.5 Å². The normalized spacial score (nSPS) is 10.2. The third kappa shape index (κ3) is 6.89. The molecule has 0 saturated carbocycles. The van der Waals surface area contributed by atoms with E-state index in [2.05, 4.69) is 53.6 Å². The van der Waals surface area contributed by atoms with Crippen molar-refractivity contribution in [3.05, 3.63) is 35.4 Å². The third-order valence-corrected chi connectivity index (χ3v) is 3.15. The van der Waals surface area contributed by atoms with E-state index in [4.69, 9.17) is 0 Å². The Bertz CT molecular complexity index is 377. The van der Waals surface area contributed by atoms with Gasteiger partial charge in [0.15, 0.2) is 0 Å². The van der Waals surface area contributed by atoms with Gasteiger partial charge in [-0.25, -0.2) is 0 Å².